The van der Waals surface area contributed by atoms with Crippen LogP contribution in [-0.2, 0) is 16.0 Å². The van der Waals surface area contributed by atoms with Gasteiger partial charge in [-0.15, -0.1) is 0 Å². The van der Waals surface area contributed by atoms with Crippen molar-refractivity contribution in [3.8, 4) is 0 Å². The third kappa shape index (κ3) is 2.94. The van der Waals surface area contributed by atoms with Gasteiger partial charge in [-0.25, -0.2) is 0 Å². The van der Waals surface area contributed by atoms with Gasteiger partial charge in [0.1, 0.15) is 17.6 Å². The molecule has 0 saturated carbocycles. The highest BCUT2D eigenvalue weighted by atomic mass is 16.5. The second-order valence-electron chi connectivity index (χ2n) is 5.08. The summed E-state index contributed by atoms with van der Waals surface area (Å²) < 4.78 is 4.93. The minimum Gasteiger partial charge on any atom is -0.372 e. The highest BCUT2D eigenvalue weighted by molar-refractivity contribution is 6.05. The summed E-state index contributed by atoms with van der Waals surface area (Å²) in [7, 11) is 0. The summed E-state index contributed by atoms with van der Waals surface area (Å²) in [6.45, 7) is 1.77. The third-order valence-electron chi connectivity index (χ3n) is 3.32. The molecule has 0 bridgehead atoms. The van der Waals surface area contributed by atoms with Crippen molar-refractivity contribution in [1.29, 1.82) is 0 Å². The number of hydrogen-bond donors (Lipinski definition) is 2. The lowest BCUT2D eigenvalue weighted by atomic mass is 10.0. The normalized spacial score (nSPS) is 16.8. The first kappa shape index (κ1) is 13.4. The molecular weight excluding hydrogens is 270 g/mol. The number of amides is 1. The molecule has 2 heterocycles. The maximum atomic E-state index is 12.0. The Morgan fingerprint density at radius 2 is 2.10 bits per heavy atom. The Labute approximate surface area is 121 Å². The summed E-state index contributed by atoms with van der Waals surface area (Å²) in [4.78, 5) is 24.0. The molecule has 0 unspecified atom stereocenters. The predicted molar refractivity (Wildman–Crippen MR) is 77.1 cm³/mol. The molecule has 0 aliphatic carbocycles. The largest absolute Gasteiger partial charge is 0.372 e. The van der Waals surface area contributed by atoms with Crippen LogP contribution in [0.5, 0.6) is 0 Å². The molecule has 1 aliphatic rings. The second-order valence-corrected chi connectivity index (χ2v) is 5.08. The molecule has 2 N–H and O–H groups in total. The first-order chi connectivity index (χ1) is 10.1. The van der Waals surface area contributed by atoms with Crippen molar-refractivity contribution >= 4 is 23.1 Å². The molecule has 2 aromatic rings. The minimum absolute atomic E-state index is 0.0599. The molecule has 21 heavy (non-hydrogen) atoms. The van der Waals surface area contributed by atoms with Gasteiger partial charge >= 0.3 is 0 Å². The number of nitrogens with zero attached hydrogens (tertiary/aromatic N) is 1. The molecule has 1 aliphatic heterocycles. The summed E-state index contributed by atoms with van der Waals surface area (Å²) in [5.74, 6) is 0.411. The third-order valence-corrected chi connectivity index (χ3v) is 3.32. The molecule has 1 amide bonds. The Morgan fingerprint density at radius 1 is 1.33 bits per heavy atom. The van der Waals surface area contributed by atoms with Crippen LogP contribution in [0.4, 0.5) is 11.4 Å². The number of carbonyl (C=O) groups excluding carboxylic acids is 2. The molecule has 0 saturated heterocycles. The molecule has 108 valence electrons. The number of Topliss-reactive ketones (excluding diaryl/α,β-unsaturated/α-hetero) is 1. The van der Waals surface area contributed by atoms with E-state index in [-0.39, 0.29) is 24.5 Å². The zero-order chi connectivity index (χ0) is 14.8. The van der Waals surface area contributed by atoms with Gasteiger partial charge in [-0.1, -0.05) is 17.3 Å². The number of ketones is 1. The zero-order valence-electron chi connectivity index (χ0n) is 11.6. The van der Waals surface area contributed by atoms with E-state index in [9.17, 15) is 9.59 Å². The molecule has 6 nitrogen and oxygen atoms in total. The molecular formula is C15H15N3O3. The van der Waals surface area contributed by atoms with Crippen molar-refractivity contribution in [3.63, 3.8) is 0 Å². The van der Waals surface area contributed by atoms with Crippen LogP contribution < -0.4 is 10.6 Å². The molecule has 0 fully saturated rings. The van der Waals surface area contributed by atoms with Gasteiger partial charge in [-0.3, -0.25) is 9.59 Å². The van der Waals surface area contributed by atoms with E-state index in [4.69, 9.17) is 4.52 Å². The van der Waals surface area contributed by atoms with Crippen LogP contribution in [-0.4, -0.2) is 22.9 Å². The van der Waals surface area contributed by atoms with Crippen LogP contribution in [0.2, 0.25) is 0 Å². The monoisotopic (exact) mass is 285 g/mol. The molecule has 6 heteroatoms. The summed E-state index contributed by atoms with van der Waals surface area (Å²) in [6.07, 6.45) is 0.288. The van der Waals surface area contributed by atoms with E-state index < -0.39 is 6.04 Å². The van der Waals surface area contributed by atoms with Crippen molar-refractivity contribution in [2.75, 3.05) is 10.6 Å². The number of hydrogen-bond acceptors (Lipinski definition) is 5. The molecule has 1 aromatic carbocycles. The lowest BCUT2D eigenvalue weighted by Crippen LogP contribution is -2.40. The second kappa shape index (κ2) is 5.40. The van der Waals surface area contributed by atoms with Gasteiger partial charge in [0, 0.05) is 12.5 Å². The van der Waals surface area contributed by atoms with Crippen LogP contribution in [0, 0.1) is 6.92 Å². The number of benzene rings is 1. The maximum absolute atomic E-state index is 12.0. The number of aromatic nitrogens is 1. The lowest BCUT2D eigenvalue weighted by Gasteiger charge is -2.26. The quantitative estimate of drug-likeness (QED) is 0.896. The topological polar surface area (TPSA) is 84.2 Å². The predicted octanol–water partition coefficient (Wildman–Crippen LogP) is 1.92. The van der Waals surface area contributed by atoms with Crippen molar-refractivity contribution < 1.29 is 14.1 Å². The molecule has 0 spiro atoms. The van der Waals surface area contributed by atoms with Gasteiger partial charge in [0.25, 0.3) is 0 Å². The number of aryl methyl sites for hydroxylation is 1. The van der Waals surface area contributed by atoms with Crippen LogP contribution in [0.15, 0.2) is 34.9 Å². The van der Waals surface area contributed by atoms with E-state index in [2.05, 4.69) is 15.8 Å². The van der Waals surface area contributed by atoms with Crippen molar-refractivity contribution in [2.45, 2.75) is 25.8 Å². The van der Waals surface area contributed by atoms with E-state index in [1.54, 1.807) is 13.0 Å². The number of carbonyl (C=O) groups is 2. The standard InChI is InChI=1S/C15H15N3O3/c1-9-6-10(18-21-9)7-11(19)8-14-15(20)17-13-5-3-2-4-12(13)16-14/h2-6,14,16H,7-8H2,1H3,(H,17,20)/t14-/m0/s1. The molecule has 0 radical (unpaired) electrons. The van der Waals surface area contributed by atoms with E-state index in [0.717, 1.165) is 11.4 Å². The average molecular weight is 285 g/mol. The highest BCUT2D eigenvalue weighted by Crippen LogP contribution is 2.26. The minimum atomic E-state index is -0.555. The van der Waals surface area contributed by atoms with Crippen LogP contribution in [0.25, 0.3) is 0 Å². The van der Waals surface area contributed by atoms with Gasteiger partial charge in [0.2, 0.25) is 5.91 Å². The SMILES string of the molecule is Cc1cc(CC(=O)C[C@@H]2Nc3ccccc3NC2=O)no1. The molecule has 1 atom stereocenters. The molecule has 3 rings (SSSR count). The van der Waals surface area contributed by atoms with E-state index in [0.29, 0.717) is 11.5 Å². The average Bonchev–Trinajstić information content (AvgIpc) is 2.85. The first-order valence-electron chi connectivity index (χ1n) is 6.72. The zero-order valence-corrected chi connectivity index (χ0v) is 11.6. The summed E-state index contributed by atoms with van der Waals surface area (Å²) in [5, 5.41) is 9.67. The van der Waals surface area contributed by atoms with Gasteiger partial charge in [-0.2, -0.15) is 0 Å². The smallest absolute Gasteiger partial charge is 0.247 e. The fourth-order valence-corrected chi connectivity index (χ4v) is 2.34. The van der Waals surface area contributed by atoms with E-state index in [1.165, 1.54) is 0 Å². The fourth-order valence-electron chi connectivity index (χ4n) is 2.34. The fraction of sp³-hybridized carbons (Fsp3) is 0.267. The Kier molecular flexibility index (Phi) is 3.43. The Morgan fingerprint density at radius 3 is 2.81 bits per heavy atom. The summed E-state index contributed by atoms with van der Waals surface area (Å²) in [6, 6.07) is 8.57. The maximum Gasteiger partial charge on any atom is 0.247 e. The van der Waals surface area contributed by atoms with Gasteiger partial charge < -0.3 is 15.2 Å². The van der Waals surface area contributed by atoms with Gasteiger partial charge in [0.15, 0.2) is 0 Å². The van der Waals surface area contributed by atoms with Gasteiger partial charge in [0.05, 0.1) is 23.5 Å². The number of rotatable bonds is 4. The van der Waals surface area contributed by atoms with Crippen LogP contribution in [0.3, 0.4) is 0 Å². The highest BCUT2D eigenvalue weighted by Gasteiger charge is 2.27. The summed E-state index contributed by atoms with van der Waals surface area (Å²) in [5.41, 5.74) is 2.15. The first-order valence-corrected chi connectivity index (χ1v) is 6.72. The van der Waals surface area contributed by atoms with E-state index >= 15 is 0 Å². The van der Waals surface area contributed by atoms with E-state index in [1.807, 2.05) is 24.3 Å². The van der Waals surface area contributed by atoms with Crippen molar-refractivity contribution in [2.24, 2.45) is 0 Å². The Hall–Kier alpha value is -2.63. The Balaban J connectivity index is 1.65. The number of para-hydroxylation sites is 2. The van der Waals surface area contributed by atoms with Gasteiger partial charge in [-0.05, 0) is 19.1 Å². The summed E-state index contributed by atoms with van der Waals surface area (Å²) >= 11 is 0. The number of anilines is 2. The molecule has 1 aromatic heterocycles. The number of fused-ring (bicyclic) bond motifs is 1. The lowest BCUT2D eigenvalue weighted by molar-refractivity contribution is -0.123. The van der Waals surface area contributed by atoms with Crippen LogP contribution in [0.1, 0.15) is 17.9 Å². The Bertz CT molecular complexity index is 693. The van der Waals surface area contributed by atoms with Crippen molar-refractivity contribution in [3.05, 3.63) is 41.8 Å². The number of nitrogens with one attached hydrogen (secondary N) is 2. The van der Waals surface area contributed by atoms with Crippen LogP contribution >= 0.6 is 0 Å². The van der Waals surface area contributed by atoms with Crippen molar-refractivity contribution in [1.82, 2.24) is 5.16 Å².